The zero-order valence-corrected chi connectivity index (χ0v) is 8.93. The Labute approximate surface area is 91.9 Å². The maximum atomic E-state index is 8.41. The van der Waals surface area contributed by atoms with E-state index in [0.717, 1.165) is 5.39 Å². The summed E-state index contributed by atoms with van der Waals surface area (Å²) in [5.41, 5.74) is 0.646. The van der Waals surface area contributed by atoms with Gasteiger partial charge < -0.3 is 19.1 Å². The van der Waals surface area contributed by atoms with Gasteiger partial charge in [-0.3, -0.25) is 0 Å². The van der Waals surface area contributed by atoms with E-state index in [1.165, 1.54) is 6.21 Å². The quantitative estimate of drug-likeness (QED) is 0.490. The molecule has 5 nitrogen and oxygen atoms in total. The van der Waals surface area contributed by atoms with Gasteiger partial charge in [-0.25, -0.2) is 0 Å². The lowest BCUT2D eigenvalue weighted by atomic mass is 10.2. The smallest absolute Gasteiger partial charge is 0.164 e. The molecule has 0 atom stereocenters. The minimum absolute atomic E-state index is 0.466. The van der Waals surface area contributed by atoms with Crippen LogP contribution in [0.25, 0.3) is 11.0 Å². The van der Waals surface area contributed by atoms with Crippen molar-refractivity contribution in [2.45, 2.75) is 0 Å². The first-order valence-electron chi connectivity index (χ1n) is 4.61. The summed E-state index contributed by atoms with van der Waals surface area (Å²) in [6, 6.07) is 5.27. The molecule has 16 heavy (non-hydrogen) atoms. The van der Waals surface area contributed by atoms with Gasteiger partial charge in [0.1, 0.15) is 17.6 Å². The predicted molar refractivity (Wildman–Crippen MR) is 58.7 cm³/mol. The van der Waals surface area contributed by atoms with Crippen LogP contribution in [-0.2, 0) is 0 Å². The third kappa shape index (κ3) is 1.67. The summed E-state index contributed by atoms with van der Waals surface area (Å²) in [5.74, 6) is 1.69. The van der Waals surface area contributed by atoms with E-state index in [1.54, 1.807) is 32.4 Å². The molecule has 0 radical (unpaired) electrons. The number of hydrogen-bond acceptors (Lipinski definition) is 5. The maximum absolute atomic E-state index is 8.41. The number of furan rings is 1. The molecule has 0 bridgehead atoms. The van der Waals surface area contributed by atoms with E-state index in [1.807, 2.05) is 0 Å². The van der Waals surface area contributed by atoms with Crippen LogP contribution < -0.4 is 9.47 Å². The molecule has 1 heterocycles. The summed E-state index contributed by atoms with van der Waals surface area (Å²) in [6.07, 6.45) is 1.22. The highest BCUT2D eigenvalue weighted by atomic mass is 16.5. The lowest BCUT2D eigenvalue weighted by molar-refractivity contribution is 0.321. The summed E-state index contributed by atoms with van der Waals surface area (Å²) in [4.78, 5) is 0. The van der Waals surface area contributed by atoms with Crippen molar-refractivity contribution >= 4 is 17.2 Å². The van der Waals surface area contributed by atoms with Gasteiger partial charge in [0.05, 0.1) is 14.2 Å². The minimum Gasteiger partial charge on any atom is -0.493 e. The van der Waals surface area contributed by atoms with Gasteiger partial charge >= 0.3 is 0 Å². The topological polar surface area (TPSA) is 64.2 Å². The fourth-order valence-electron chi connectivity index (χ4n) is 1.51. The molecule has 0 aliphatic carbocycles. The van der Waals surface area contributed by atoms with E-state index in [9.17, 15) is 0 Å². The molecule has 0 aliphatic heterocycles. The highest BCUT2D eigenvalue weighted by Crippen LogP contribution is 2.33. The molecule has 0 aliphatic rings. The Balaban J connectivity index is 2.59. The Morgan fingerprint density at radius 1 is 1.19 bits per heavy atom. The van der Waals surface area contributed by atoms with Gasteiger partial charge in [0.2, 0.25) is 0 Å². The van der Waals surface area contributed by atoms with Crippen molar-refractivity contribution in [1.29, 1.82) is 0 Å². The molecule has 0 saturated heterocycles. The van der Waals surface area contributed by atoms with Gasteiger partial charge in [0.15, 0.2) is 11.5 Å². The van der Waals surface area contributed by atoms with Crippen molar-refractivity contribution in [3.63, 3.8) is 0 Å². The molecule has 1 aromatic carbocycles. The monoisotopic (exact) mass is 221 g/mol. The first kappa shape index (κ1) is 10.4. The Bertz CT molecular complexity index is 489. The fourth-order valence-corrected chi connectivity index (χ4v) is 1.51. The van der Waals surface area contributed by atoms with Crippen molar-refractivity contribution in [3.05, 3.63) is 24.0 Å². The number of oxime groups is 1. The standard InChI is InChI=1S/C11H11NO4/c1-14-10-4-7-3-8(6-12-13)16-9(7)5-11(10)15-2/h3-6,13H,1-2H3. The van der Waals surface area contributed by atoms with Crippen LogP contribution in [0.15, 0.2) is 27.8 Å². The average molecular weight is 221 g/mol. The van der Waals surface area contributed by atoms with E-state index in [4.69, 9.17) is 19.1 Å². The largest absolute Gasteiger partial charge is 0.493 e. The molecule has 2 aromatic rings. The average Bonchev–Trinajstić information content (AvgIpc) is 2.68. The number of nitrogens with zero attached hydrogens (tertiary/aromatic N) is 1. The summed E-state index contributed by atoms with van der Waals surface area (Å²) < 4.78 is 15.7. The van der Waals surface area contributed by atoms with Crippen LogP contribution >= 0.6 is 0 Å². The van der Waals surface area contributed by atoms with Crippen LogP contribution in [0.3, 0.4) is 0 Å². The predicted octanol–water partition coefficient (Wildman–Crippen LogP) is 2.26. The number of methoxy groups -OCH3 is 2. The Morgan fingerprint density at radius 2 is 1.88 bits per heavy atom. The first-order chi connectivity index (χ1) is 7.78. The van der Waals surface area contributed by atoms with Crippen LogP contribution in [0, 0.1) is 0 Å². The summed E-state index contributed by atoms with van der Waals surface area (Å²) >= 11 is 0. The molecule has 0 unspecified atom stereocenters. The highest BCUT2D eigenvalue weighted by molar-refractivity contribution is 5.88. The molecule has 1 N–H and O–H groups in total. The summed E-state index contributed by atoms with van der Waals surface area (Å²) in [7, 11) is 3.13. The van der Waals surface area contributed by atoms with Gasteiger partial charge in [-0.1, -0.05) is 5.16 Å². The molecular formula is C11H11NO4. The molecule has 0 saturated carbocycles. The Hall–Kier alpha value is -2.17. The van der Waals surface area contributed by atoms with E-state index in [0.29, 0.717) is 22.8 Å². The van der Waals surface area contributed by atoms with Crippen LogP contribution in [0.4, 0.5) is 0 Å². The molecular weight excluding hydrogens is 210 g/mol. The van der Waals surface area contributed by atoms with Crippen LogP contribution in [-0.4, -0.2) is 25.6 Å². The zero-order valence-electron chi connectivity index (χ0n) is 8.93. The molecule has 2 rings (SSSR count). The lowest BCUT2D eigenvalue weighted by Gasteiger charge is -2.06. The van der Waals surface area contributed by atoms with Gasteiger partial charge in [-0.2, -0.15) is 0 Å². The van der Waals surface area contributed by atoms with E-state index in [2.05, 4.69) is 5.16 Å². The third-order valence-corrected chi connectivity index (χ3v) is 2.23. The molecule has 0 fully saturated rings. The SMILES string of the molecule is COc1cc2cc(C=NO)oc2cc1OC. The lowest BCUT2D eigenvalue weighted by Crippen LogP contribution is -1.89. The van der Waals surface area contributed by atoms with Crippen LogP contribution in [0.2, 0.25) is 0 Å². The normalized spacial score (nSPS) is 11.1. The molecule has 0 spiro atoms. The minimum atomic E-state index is 0.466. The number of hydrogen-bond donors (Lipinski definition) is 1. The number of ether oxygens (including phenoxy) is 2. The molecule has 0 amide bonds. The number of rotatable bonds is 3. The first-order valence-corrected chi connectivity index (χ1v) is 4.61. The Morgan fingerprint density at radius 3 is 2.50 bits per heavy atom. The molecule has 1 aromatic heterocycles. The second-order valence-electron chi connectivity index (χ2n) is 3.14. The van der Waals surface area contributed by atoms with Gasteiger partial charge in [0.25, 0.3) is 0 Å². The van der Waals surface area contributed by atoms with Crippen molar-refractivity contribution in [2.24, 2.45) is 5.16 Å². The van der Waals surface area contributed by atoms with E-state index in [-0.39, 0.29) is 0 Å². The van der Waals surface area contributed by atoms with Gasteiger partial charge in [-0.15, -0.1) is 0 Å². The number of fused-ring (bicyclic) bond motifs is 1. The van der Waals surface area contributed by atoms with Crippen molar-refractivity contribution in [2.75, 3.05) is 14.2 Å². The molecule has 84 valence electrons. The van der Waals surface area contributed by atoms with E-state index >= 15 is 0 Å². The molecule has 5 heteroatoms. The Kier molecular flexibility index (Phi) is 2.68. The second-order valence-corrected chi connectivity index (χ2v) is 3.14. The van der Waals surface area contributed by atoms with Crippen LogP contribution in [0.5, 0.6) is 11.5 Å². The van der Waals surface area contributed by atoms with Crippen LogP contribution in [0.1, 0.15) is 5.76 Å². The van der Waals surface area contributed by atoms with Crippen molar-refractivity contribution in [1.82, 2.24) is 0 Å². The fraction of sp³-hybridized carbons (Fsp3) is 0.182. The van der Waals surface area contributed by atoms with E-state index < -0.39 is 0 Å². The summed E-state index contributed by atoms with van der Waals surface area (Å²) in [5, 5.41) is 12.2. The highest BCUT2D eigenvalue weighted by Gasteiger charge is 2.09. The van der Waals surface area contributed by atoms with Crippen molar-refractivity contribution in [3.8, 4) is 11.5 Å². The summed E-state index contributed by atoms with van der Waals surface area (Å²) in [6.45, 7) is 0. The number of benzene rings is 1. The second kappa shape index (κ2) is 4.14. The maximum Gasteiger partial charge on any atom is 0.164 e. The van der Waals surface area contributed by atoms with Gasteiger partial charge in [0, 0.05) is 11.5 Å². The third-order valence-electron chi connectivity index (χ3n) is 2.23. The zero-order chi connectivity index (χ0) is 11.5. The van der Waals surface area contributed by atoms with Gasteiger partial charge in [-0.05, 0) is 12.1 Å². The van der Waals surface area contributed by atoms with Crippen molar-refractivity contribution < 1.29 is 19.1 Å².